The van der Waals surface area contributed by atoms with Gasteiger partial charge in [-0.25, -0.2) is 9.29 Å². The lowest BCUT2D eigenvalue weighted by molar-refractivity contribution is -0.144. The van der Waals surface area contributed by atoms with Crippen molar-refractivity contribution in [2.75, 3.05) is 18.6 Å². The Hall–Kier alpha value is -3.44. The predicted molar refractivity (Wildman–Crippen MR) is 132 cm³/mol. The first kappa shape index (κ1) is 24.3. The number of hydrogen-bond acceptors (Lipinski definition) is 8. The average Bonchev–Trinajstić information content (AvgIpc) is 3.31. The van der Waals surface area contributed by atoms with Crippen LogP contribution in [-0.2, 0) is 25.7 Å². The number of amides is 2. The van der Waals surface area contributed by atoms with Gasteiger partial charge in [0.2, 0.25) is 11.8 Å². The molecule has 8 nitrogen and oxygen atoms in total. The number of thioether (sulfide) groups is 1. The Labute approximate surface area is 213 Å². The molecule has 0 N–H and O–H groups in total. The van der Waals surface area contributed by atoms with Crippen LogP contribution in [0.4, 0.5) is 10.1 Å². The topological polar surface area (TPSA) is 94.9 Å². The Morgan fingerprint density at radius 2 is 1.78 bits per heavy atom. The summed E-state index contributed by atoms with van der Waals surface area (Å²) >= 11 is 2.04. The number of esters is 1. The van der Waals surface area contributed by atoms with Gasteiger partial charge in [0.25, 0.3) is 0 Å². The van der Waals surface area contributed by atoms with Crippen LogP contribution < -0.4 is 14.5 Å². The fraction of sp³-hybridized carbons (Fsp3) is 0.280. The second-order valence-corrected chi connectivity index (χ2v) is 10.3. The molecular weight excluding hydrogens is 507 g/mol. The van der Waals surface area contributed by atoms with Crippen molar-refractivity contribution in [3.05, 3.63) is 74.5 Å². The maximum absolute atomic E-state index is 13.8. The Bertz CT molecular complexity index is 1420. The van der Waals surface area contributed by atoms with Crippen molar-refractivity contribution in [3.63, 3.8) is 0 Å². The molecule has 1 fully saturated rings. The van der Waals surface area contributed by atoms with Gasteiger partial charge in [0.05, 0.1) is 30.3 Å². The summed E-state index contributed by atoms with van der Waals surface area (Å²) in [5.41, 5.74) is 0.927. The molecule has 2 amide bonds. The Morgan fingerprint density at radius 3 is 2.47 bits per heavy atom. The van der Waals surface area contributed by atoms with Crippen LogP contribution in [-0.4, -0.2) is 41.3 Å². The van der Waals surface area contributed by atoms with Crippen LogP contribution in [0.3, 0.4) is 0 Å². The molecule has 186 valence electrons. The zero-order chi connectivity index (χ0) is 25.6. The second-order valence-electron chi connectivity index (χ2n) is 8.20. The third-order valence-corrected chi connectivity index (χ3v) is 8.80. The molecule has 11 heteroatoms. The number of rotatable bonds is 6. The van der Waals surface area contributed by atoms with Gasteiger partial charge in [0.15, 0.2) is 0 Å². The first-order valence-corrected chi connectivity index (χ1v) is 12.9. The van der Waals surface area contributed by atoms with E-state index in [0.717, 1.165) is 28.0 Å². The molecule has 0 bridgehead atoms. The van der Waals surface area contributed by atoms with E-state index in [1.807, 2.05) is 0 Å². The standard InChI is InChI=1S/C25H21FN2O6S2/c1-3-34-17(29)12-27-24-21(36-25(27)32)18(15-6-4-5-7-16(15)33-2)19-20(35-24)23(31)28(22(19)30)14-10-8-13(26)9-11-14/h4-11,18-20H,3,12H2,1-2H3/t18-,19-,20+/m0/s1. The number of fused-ring (bicyclic) bond motifs is 2. The van der Waals surface area contributed by atoms with Crippen molar-refractivity contribution in [1.82, 2.24) is 4.57 Å². The van der Waals surface area contributed by atoms with Gasteiger partial charge < -0.3 is 9.47 Å². The monoisotopic (exact) mass is 528 g/mol. The summed E-state index contributed by atoms with van der Waals surface area (Å²) in [7, 11) is 1.51. The van der Waals surface area contributed by atoms with Crippen LogP contribution in [0.2, 0.25) is 0 Å². The zero-order valence-corrected chi connectivity index (χ0v) is 20.9. The summed E-state index contributed by atoms with van der Waals surface area (Å²) in [6, 6.07) is 12.3. The lowest BCUT2D eigenvalue weighted by Gasteiger charge is -2.31. The van der Waals surface area contributed by atoms with Crippen LogP contribution in [0.1, 0.15) is 23.3 Å². The van der Waals surface area contributed by atoms with Crippen molar-refractivity contribution < 1.29 is 28.2 Å². The molecular formula is C25H21FN2O6S2. The highest BCUT2D eigenvalue weighted by Crippen LogP contribution is 2.55. The largest absolute Gasteiger partial charge is 0.496 e. The van der Waals surface area contributed by atoms with Crippen molar-refractivity contribution in [3.8, 4) is 5.75 Å². The molecule has 1 saturated heterocycles. The minimum Gasteiger partial charge on any atom is -0.496 e. The molecule has 2 aliphatic rings. The van der Waals surface area contributed by atoms with E-state index < -0.39 is 40.7 Å². The summed E-state index contributed by atoms with van der Waals surface area (Å²) in [5, 5.41) is -0.398. The summed E-state index contributed by atoms with van der Waals surface area (Å²) < 4.78 is 25.4. The van der Waals surface area contributed by atoms with Gasteiger partial charge in [0, 0.05) is 16.4 Å². The fourth-order valence-electron chi connectivity index (χ4n) is 4.69. The van der Waals surface area contributed by atoms with Crippen molar-refractivity contribution in [2.45, 2.75) is 29.7 Å². The van der Waals surface area contributed by atoms with E-state index in [1.165, 1.54) is 35.9 Å². The van der Waals surface area contributed by atoms with Gasteiger partial charge in [0.1, 0.15) is 23.4 Å². The van der Waals surface area contributed by atoms with Gasteiger partial charge >= 0.3 is 10.8 Å². The maximum Gasteiger partial charge on any atom is 0.326 e. The number of benzene rings is 2. The van der Waals surface area contributed by atoms with Crippen LogP contribution in [0, 0.1) is 11.7 Å². The van der Waals surface area contributed by atoms with Crippen LogP contribution >= 0.6 is 23.1 Å². The van der Waals surface area contributed by atoms with Gasteiger partial charge in [-0.3, -0.25) is 23.7 Å². The minimum atomic E-state index is -0.854. The van der Waals surface area contributed by atoms with Crippen molar-refractivity contribution in [1.29, 1.82) is 0 Å². The molecule has 0 spiro atoms. The number of methoxy groups -OCH3 is 1. The summed E-state index contributed by atoms with van der Waals surface area (Å²) in [6.07, 6.45) is 0. The summed E-state index contributed by atoms with van der Waals surface area (Å²) in [4.78, 5) is 53.9. The molecule has 3 heterocycles. The highest BCUT2D eigenvalue weighted by Gasteiger charge is 2.57. The van der Waals surface area contributed by atoms with Gasteiger partial charge in [-0.2, -0.15) is 0 Å². The third kappa shape index (κ3) is 3.92. The molecule has 0 unspecified atom stereocenters. The van der Waals surface area contributed by atoms with E-state index in [4.69, 9.17) is 9.47 Å². The van der Waals surface area contributed by atoms with Gasteiger partial charge in [-0.1, -0.05) is 41.3 Å². The van der Waals surface area contributed by atoms with E-state index in [9.17, 15) is 23.6 Å². The van der Waals surface area contributed by atoms with E-state index in [1.54, 1.807) is 31.2 Å². The number of imide groups is 1. The summed E-state index contributed by atoms with van der Waals surface area (Å²) in [6.45, 7) is 1.54. The molecule has 5 rings (SSSR count). The molecule has 0 radical (unpaired) electrons. The van der Waals surface area contributed by atoms with E-state index >= 15 is 0 Å². The number of carbonyl (C=O) groups is 3. The van der Waals surface area contributed by atoms with Crippen molar-refractivity contribution >= 4 is 46.6 Å². The Balaban J connectivity index is 1.67. The van der Waals surface area contributed by atoms with Crippen LogP contribution in [0.25, 0.3) is 0 Å². The van der Waals surface area contributed by atoms with Gasteiger partial charge in [-0.15, -0.1) is 0 Å². The number of thiazole rings is 1. The van der Waals surface area contributed by atoms with Crippen LogP contribution in [0.5, 0.6) is 5.75 Å². The molecule has 1 aromatic heterocycles. The number of ether oxygens (including phenoxy) is 2. The number of carbonyl (C=O) groups excluding carboxylic acids is 3. The molecule has 3 aromatic rings. The first-order valence-electron chi connectivity index (χ1n) is 11.2. The number of hydrogen-bond donors (Lipinski definition) is 0. The fourth-order valence-corrected chi connectivity index (χ4v) is 7.46. The highest BCUT2D eigenvalue weighted by atomic mass is 32.2. The van der Waals surface area contributed by atoms with E-state index in [-0.39, 0.29) is 23.7 Å². The minimum absolute atomic E-state index is 0.168. The van der Waals surface area contributed by atoms with Crippen molar-refractivity contribution in [2.24, 2.45) is 5.92 Å². The molecule has 2 aromatic carbocycles. The maximum atomic E-state index is 13.8. The second kappa shape index (κ2) is 9.55. The zero-order valence-electron chi connectivity index (χ0n) is 19.3. The number of halogens is 1. The lowest BCUT2D eigenvalue weighted by atomic mass is 9.82. The number of para-hydroxylation sites is 1. The Kier molecular flexibility index (Phi) is 6.44. The third-order valence-electron chi connectivity index (χ3n) is 6.20. The van der Waals surface area contributed by atoms with Gasteiger partial charge in [-0.05, 0) is 37.3 Å². The molecule has 2 aliphatic heterocycles. The predicted octanol–water partition coefficient (Wildman–Crippen LogP) is 3.42. The average molecular weight is 529 g/mol. The lowest BCUT2D eigenvalue weighted by Crippen LogP contribution is -2.33. The summed E-state index contributed by atoms with van der Waals surface area (Å²) in [5.74, 6) is -2.94. The first-order chi connectivity index (χ1) is 17.3. The molecule has 3 atom stereocenters. The highest BCUT2D eigenvalue weighted by molar-refractivity contribution is 8.00. The smallest absolute Gasteiger partial charge is 0.326 e. The number of aromatic nitrogens is 1. The number of nitrogens with zero attached hydrogens (tertiary/aromatic N) is 2. The quantitative estimate of drug-likeness (QED) is 0.357. The van der Waals surface area contributed by atoms with E-state index in [0.29, 0.717) is 21.2 Å². The van der Waals surface area contributed by atoms with E-state index in [2.05, 4.69) is 0 Å². The van der Waals surface area contributed by atoms with Crippen LogP contribution in [0.15, 0.2) is 58.4 Å². The molecule has 36 heavy (non-hydrogen) atoms. The Morgan fingerprint density at radius 1 is 1.06 bits per heavy atom. The SMILES string of the molecule is CCOC(=O)Cn1c2c(sc1=O)[C@@H](c1ccccc1OC)[C@@H]1C(=O)N(c3ccc(F)cc3)C(=O)[C@@H]1S2. The molecule has 0 saturated carbocycles. The number of anilines is 1. The normalized spacial score (nSPS) is 20.8. The molecule has 0 aliphatic carbocycles.